The smallest absolute Gasteiger partial charge is 0.236 e. The van der Waals surface area contributed by atoms with Crippen LogP contribution in [0.1, 0.15) is 18.4 Å². The largest absolute Gasteiger partial charge is 0.331 e. The molecule has 0 amide bonds. The number of imidazole rings is 1. The molecule has 0 atom stereocenters. The maximum atomic E-state index is 12.6. The summed E-state index contributed by atoms with van der Waals surface area (Å²) in [5.41, 5.74) is 1.99. The lowest BCUT2D eigenvalue weighted by atomic mass is 9.98. The molecule has 3 aromatic rings. The normalized spacial score (nSPS) is 16.4. The van der Waals surface area contributed by atoms with Crippen molar-refractivity contribution in [2.24, 2.45) is 5.92 Å². The van der Waals surface area contributed by atoms with E-state index in [0.717, 1.165) is 36.3 Å². The Hall–Kier alpha value is -2.70. The number of hydrogen-bond acceptors (Lipinski definition) is 3. The zero-order valence-corrected chi connectivity index (χ0v) is 17.1. The summed E-state index contributed by atoms with van der Waals surface area (Å²) >= 11 is 0. The average Bonchev–Trinajstić information content (AvgIpc) is 3.22. The number of benzene rings is 2. The first-order chi connectivity index (χ1) is 14.1. The Morgan fingerprint density at radius 3 is 2.31 bits per heavy atom. The second kappa shape index (κ2) is 8.76. The number of rotatable bonds is 6. The molecule has 0 unspecified atom stereocenters. The quantitative estimate of drug-likeness (QED) is 0.613. The molecular weight excluding hydrogens is 382 g/mol. The van der Waals surface area contributed by atoms with Gasteiger partial charge in [-0.25, -0.2) is 13.4 Å². The second-order valence-electron chi connectivity index (χ2n) is 7.37. The van der Waals surface area contributed by atoms with Gasteiger partial charge in [0.25, 0.3) is 0 Å². The monoisotopic (exact) mass is 407 g/mol. The van der Waals surface area contributed by atoms with Gasteiger partial charge in [-0.05, 0) is 30.4 Å². The summed E-state index contributed by atoms with van der Waals surface area (Å²) in [6.07, 6.45) is 7.21. The highest BCUT2D eigenvalue weighted by atomic mass is 32.2. The predicted octanol–water partition coefficient (Wildman–Crippen LogP) is 4.26. The third-order valence-corrected chi connectivity index (χ3v) is 6.93. The average molecular weight is 408 g/mol. The summed E-state index contributed by atoms with van der Waals surface area (Å²) in [6, 6.07) is 19.7. The molecule has 0 radical (unpaired) electrons. The molecule has 5 nitrogen and oxygen atoms in total. The number of hydrogen-bond donors (Lipinski definition) is 0. The fourth-order valence-electron chi connectivity index (χ4n) is 3.74. The van der Waals surface area contributed by atoms with Crippen LogP contribution in [0.4, 0.5) is 0 Å². The molecule has 2 aromatic carbocycles. The van der Waals surface area contributed by atoms with E-state index in [2.05, 4.69) is 21.7 Å². The zero-order valence-electron chi connectivity index (χ0n) is 16.3. The minimum atomic E-state index is -3.38. The van der Waals surface area contributed by atoms with Crippen LogP contribution in [0.15, 0.2) is 78.5 Å². The van der Waals surface area contributed by atoms with Crippen LogP contribution in [-0.2, 0) is 16.6 Å². The van der Waals surface area contributed by atoms with E-state index >= 15 is 0 Å². The molecule has 0 spiro atoms. The van der Waals surface area contributed by atoms with Crippen molar-refractivity contribution in [3.05, 3.63) is 84.0 Å². The minimum absolute atomic E-state index is 0.441. The molecule has 0 bridgehead atoms. The topological polar surface area (TPSA) is 55.2 Å². The van der Waals surface area contributed by atoms with Gasteiger partial charge in [-0.15, -0.1) is 0 Å². The third kappa shape index (κ3) is 4.83. The Kier molecular flexibility index (Phi) is 5.92. The van der Waals surface area contributed by atoms with Gasteiger partial charge in [0, 0.05) is 43.0 Å². The molecule has 2 heterocycles. The highest BCUT2D eigenvalue weighted by Crippen LogP contribution is 2.25. The number of piperidine rings is 1. The first-order valence-corrected chi connectivity index (χ1v) is 11.4. The summed E-state index contributed by atoms with van der Waals surface area (Å²) in [6.45, 7) is 1.97. The molecule has 0 saturated carbocycles. The van der Waals surface area contributed by atoms with Gasteiger partial charge in [0.2, 0.25) is 10.0 Å². The summed E-state index contributed by atoms with van der Waals surface area (Å²) in [7, 11) is -3.38. The third-order valence-electron chi connectivity index (χ3n) is 5.37. The zero-order chi connectivity index (χ0) is 20.1. The van der Waals surface area contributed by atoms with E-state index in [1.807, 2.05) is 60.9 Å². The Morgan fingerprint density at radius 1 is 0.966 bits per heavy atom. The lowest BCUT2D eigenvalue weighted by Gasteiger charge is -2.30. The van der Waals surface area contributed by atoms with Crippen LogP contribution in [-0.4, -0.2) is 35.4 Å². The molecule has 29 heavy (non-hydrogen) atoms. The molecule has 0 N–H and O–H groups in total. The Bertz CT molecular complexity index is 1050. The van der Waals surface area contributed by atoms with Gasteiger partial charge in [-0.3, -0.25) is 0 Å². The van der Waals surface area contributed by atoms with Crippen LogP contribution in [0.5, 0.6) is 0 Å². The molecule has 6 heteroatoms. The number of nitrogens with zero attached hydrogens (tertiary/aromatic N) is 3. The van der Waals surface area contributed by atoms with Crippen molar-refractivity contribution in [2.75, 3.05) is 13.1 Å². The van der Waals surface area contributed by atoms with Crippen molar-refractivity contribution < 1.29 is 8.42 Å². The molecule has 1 saturated heterocycles. The Labute approximate surface area is 172 Å². The molecule has 0 aliphatic carbocycles. The molecule has 1 aliphatic heterocycles. The fraction of sp³-hybridized carbons (Fsp3) is 0.261. The van der Waals surface area contributed by atoms with E-state index in [0.29, 0.717) is 19.0 Å². The van der Waals surface area contributed by atoms with Crippen molar-refractivity contribution in [1.82, 2.24) is 13.9 Å². The SMILES string of the molecule is O=S(=O)(C=Cc1ccccc1)N1CCC(Cn2ccnc2-c2ccccc2)CC1. The van der Waals surface area contributed by atoms with Gasteiger partial charge in [0.05, 0.1) is 0 Å². The molecule has 150 valence electrons. The highest BCUT2D eigenvalue weighted by Gasteiger charge is 2.26. The van der Waals surface area contributed by atoms with Crippen LogP contribution in [0, 0.1) is 5.92 Å². The van der Waals surface area contributed by atoms with Crippen LogP contribution < -0.4 is 0 Å². The summed E-state index contributed by atoms with van der Waals surface area (Å²) in [5.74, 6) is 1.41. The predicted molar refractivity (Wildman–Crippen MR) is 116 cm³/mol. The summed E-state index contributed by atoms with van der Waals surface area (Å²) in [4.78, 5) is 4.51. The first kappa shape index (κ1) is 19.6. The lowest BCUT2D eigenvalue weighted by Crippen LogP contribution is -2.38. The Morgan fingerprint density at radius 2 is 1.62 bits per heavy atom. The number of sulfonamides is 1. The summed E-state index contributed by atoms with van der Waals surface area (Å²) in [5, 5.41) is 1.33. The van der Waals surface area contributed by atoms with E-state index < -0.39 is 10.0 Å². The summed E-state index contributed by atoms with van der Waals surface area (Å²) < 4.78 is 29.1. The van der Waals surface area contributed by atoms with E-state index in [9.17, 15) is 8.42 Å². The van der Waals surface area contributed by atoms with E-state index in [4.69, 9.17) is 0 Å². The van der Waals surface area contributed by atoms with Crippen LogP contribution in [0.3, 0.4) is 0 Å². The van der Waals surface area contributed by atoms with Crippen LogP contribution >= 0.6 is 0 Å². The number of aromatic nitrogens is 2. The van der Waals surface area contributed by atoms with Crippen molar-refractivity contribution in [3.8, 4) is 11.4 Å². The van der Waals surface area contributed by atoms with Crippen molar-refractivity contribution in [2.45, 2.75) is 19.4 Å². The van der Waals surface area contributed by atoms with Crippen LogP contribution in [0.2, 0.25) is 0 Å². The van der Waals surface area contributed by atoms with Crippen molar-refractivity contribution in [3.63, 3.8) is 0 Å². The van der Waals surface area contributed by atoms with E-state index in [-0.39, 0.29) is 0 Å². The first-order valence-electron chi connectivity index (χ1n) is 9.92. The molecule has 4 rings (SSSR count). The fourth-order valence-corrected chi connectivity index (χ4v) is 4.96. The van der Waals surface area contributed by atoms with Crippen LogP contribution in [0.25, 0.3) is 17.5 Å². The standard InChI is InChI=1S/C23H25N3O2S/c27-29(28,18-13-20-7-3-1-4-8-20)26-15-11-21(12-16-26)19-25-17-14-24-23(25)22-9-5-2-6-10-22/h1-10,13-14,17-18,21H,11-12,15-16,19H2. The maximum Gasteiger partial charge on any atom is 0.236 e. The molecule has 1 aliphatic rings. The van der Waals surface area contributed by atoms with Gasteiger partial charge in [-0.2, -0.15) is 4.31 Å². The highest BCUT2D eigenvalue weighted by molar-refractivity contribution is 7.92. The Balaban J connectivity index is 1.37. The van der Waals surface area contributed by atoms with Gasteiger partial charge < -0.3 is 4.57 Å². The van der Waals surface area contributed by atoms with Gasteiger partial charge in [0.15, 0.2) is 0 Å². The second-order valence-corrected chi connectivity index (χ2v) is 9.19. The van der Waals surface area contributed by atoms with Gasteiger partial charge in [-0.1, -0.05) is 60.7 Å². The van der Waals surface area contributed by atoms with Crippen molar-refractivity contribution >= 4 is 16.1 Å². The molecular formula is C23H25N3O2S. The van der Waals surface area contributed by atoms with E-state index in [1.54, 1.807) is 10.4 Å². The van der Waals surface area contributed by atoms with Crippen molar-refractivity contribution in [1.29, 1.82) is 0 Å². The molecule has 1 aromatic heterocycles. The molecule has 1 fully saturated rings. The minimum Gasteiger partial charge on any atom is -0.331 e. The lowest BCUT2D eigenvalue weighted by molar-refractivity contribution is 0.255. The van der Waals surface area contributed by atoms with Gasteiger partial charge in [0.1, 0.15) is 5.82 Å². The van der Waals surface area contributed by atoms with Gasteiger partial charge >= 0.3 is 0 Å². The maximum absolute atomic E-state index is 12.6. The van der Waals surface area contributed by atoms with E-state index in [1.165, 1.54) is 5.41 Å².